The second kappa shape index (κ2) is 8.71. The highest BCUT2D eigenvalue weighted by Crippen LogP contribution is 2.50. The second-order valence-electron chi connectivity index (χ2n) is 9.65. The molecule has 2 aromatic heterocycles. The molecule has 0 saturated carbocycles. The number of rotatable bonds is 6. The van der Waals surface area contributed by atoms with Crippen LogP contribution in [0.4, 0.5) is 4.39 Å². The minimum atomic E-state index is -0.538. The summed E-state index contributed by atoms with van der Waals surface area (Å²) in [6.07, 6.45) is 8.29. The van der Waals surface area contributed by atoms with Crippen LogP contribution in [0.1, 0.15) is 49.0 Å². The van der Waals surface area contributed by atoms with Crippen LogP contribution in [0.5, 0.6) is 0 Å². The van der Waals surface area contributed by atoms with Crippen LogP contribution in [0.3, 0.4) is 0 Å². The molecule has 5 rings (SSSR count). The average Bonchev–Trinajstić information content (AvgIpc) is 3.51. The third-order valence-electron chi connectivity index (χ3n) is 7.18. The van der Waals surface area contributed by atoms with E-state index in [-0.39, 0.29) is 17.6 Å². The number of nitrogens with zero attached hydrogens (tertiary/aromatic N) is 5. The Morgan fingerprint density at radius 1 is 1.18 bits per heavy atom. The van der Waals surface area contributed by atoms with Crippen molar-refractivity contribution in [2.24, 2.45) is 5.41 Å². The number of benzene rings is 1. The van der Waals surface area contributed by atoms with E-state index in [1.54, 1.807) is 12.3 Å². The van der Waals surface area contributed by atoms with Crippen molar-refractivity contribution >= 4 is 5.91 Å². The maximum absolute atomic E-state index is 14.4. The third-order valence-corrected chi connectivity index (χ3v) is 7.18. The lowest BCUT2D eigenvalue weighted by Crippen LogP contribution is -2.39. The molecular formula is C26H30FN5O. The Hall–Kier alpha value is -3.06. The van der Waals surface area contributed by atoms with Crippen molar-refractivity contribution in [2.75, 3.05) is 19.6 Å². The van der Waals surface area contributed by atoms with Gasteiger partial charge in [-0.15, -0.1) is 0 Å². The number of carbonyl (C=O) groups excluding carboxylic acids is 1. The molecule has 4 heterocycles. The van der Waals surface area contributed by atoms with E-state index in [0.29, 0.717) is 44.3 Å². The van der Waals surface area contributed by atoms with Gasteiger partial charge in [-0.05, 0) is 38.0 Å². The van der Waals surface area contributed by atoms with Crippen LogP contribution in [0.2, 0.25) is 0 Å². The Balaban J connectivity index is 1.44. The van der Waals surface area contributed by atoms with E-state index in [1.165, 1.54) is 6.07 Å². The highest BCUT2D eigenvalue weighted by molar-refractivity contribution is 5.86. The summed E-state index contributed by atoms with van der Waals surface area (Å²) < 4.78 is 16.5. The molecule has 0 unspecified atom stereocenters. The van der Waals surface area contributed by atoms with Gasteiger partial charge in [0.25, 0.3) is 0 Å². The van der Waals surface area contributed by atoms with Crippen molar-refractivity contribution in [2.45, 2.75) is 45.3 Å². The molecule has 7 heteroatoms. The largest absolute Gasteiger partial charge is 0.338 e. The number of carbonyl (C=O) groups is 1. The van der Waals surface area contributed by atoms with E-state index in [4.69, 9.17) is 4.98 Å². The van der Waals surface area contributed by atoms with Gasteiger partial charge < -0.3 is 9.47 Å². The number of pyridine rings is 1. The van der Waals surface area contributed by atoms with Crippen LogP contribution >= 0.6 is 0 Å². The monoisotopic (exact) mass is 447 g/mol. The Labute approximate surface area is 194 Å². The average molecular weight is 448 g/mol. The molecular weight excluding hydrogens is 417 g/mol. The molecule has 2 aliphatic heterocycles. The number of aromatic nitrogens is 3. The first-order valence-corrected chi connectivity index (χ1v) is 11.6. The fraction of sp³-hybridized carbons (Fsp3) is 0.423. The minimum absolute atomic E-state index is 0.0179. The Kier molecular flexibility index (Phi) is 5.74. The number of halogens is 1. The van der Waals surface area contributed by atoms with Gasteiger partial charge in [0.1, 0.15) is 5.82 Å². The zero-order valence-electron chi connectivity index (χ0n) is 19.2. The summed E-state index contributed by atoms with van der Waals surface area (Å²) in [5.74, 6) is -0.0443. The third kappa shape index (κ3) is 4.06. The number of hydrogen-bond donors (Lipinski definition) is 0. The van der Waals surface area contributed by atoms with Crippen LogP contribution in [0.15, 0.2) is 61.3 Å². The predicted octanol–water partition coefficient (Wildman–Crippen LogP) is 4.02. The van der Waals surface area contributed by atoms with Crippen molar-refractivity contribution in [3.63, 3.8) is 0 Å². The molecule has 2 aliphatic rings. The van der Waals surface area contributed by atoms with Gasteiger partial charge in [0, 0.05) is 68.8 Å². The quantitative estimate of drug-likeness (QED) is 0.573. The first-order chi connectivity index (χ1) is 16.0. The first-order valence-electron chi connectivity index (χ1n) is 11.6. The summed E-state index contributed by atoms with van der Waals surface area (Å²) in [4.78, 5) is 27.0. The van der Waals surface area contributed by atoms with Crippen LogP contribution in [-0.2, 0) is 17.9 Å². The lowest BCUT2D eigenvalue weighted by molar-refractivity contribution is -0.136. The summed E-state index contributed by atoms with van der Waals surface area (Å²) in [6, 6.07) is 11.1. The van der Waals surface area contributed by atoms with Crippen LogP contribution < -0.4 is 0 Å². The molecule has 2 atom stereocenters. The fourth-order valence-electron chi connectivity index (χ4n) is 5.38. The molecule has 0 radical (unpaired) electrons. The van der Waals surface area contributed by atoms with Crippen molar-refractivity contribution in [3.05, 3.63) is 84.0 Å². The summed E-state index contributed by atoms with van der Waals surface area (Å²) >= 11 is 0. The standard InChI is InChI=1S/C26H30FN5O/c1-19(2)32-16-24(29-18-32)22-15-30(14-21-7-3-4-8-23(21)27)17-26(22)9-11-31(25(26)33)13-20-6-5-10-28-12-20/h3-8,10,12,16,18-19,22H,9,11,13-15,17H2,1-2H3/t22-,26-/m0/s1. The van der Waals surface area contributed by atoms with Gasteiger partial charge in [0.05, 0.1) is 17.4 Å². The Morgan fingerprint density at radius 3 is 2.76 bits per heavy atom. The number of imidazole rings is 1. The predicted molar refractivity (Wildman–Crippen MR) is 124 cm³/mol. The summed E-state index contributed by atoms with van der Waals surface area (Å²) in [5.41, 5.74) is 2.11. The Bertz CT molecular complexity index is 1130. The molecule has 0 bridgehead atoms. The maximum Gasteiger partial charge on any atom is 0.231 e. The molecule has 0 aliphatic carbocycles. The van der Waals surface area contributed by atoms with Gasteiger partial charge >= 0.3 is 0 Å². The molecule has 2 fully saturated rings. The zero-order valence-corrected chi connectivity index (χ0v) is 19.2. The zero-order chi connectivity index (χ0) is 23.0. The van der Waals surface area contributed by atoms with Gasteiger partial charge in [-0.3, -0.25) is 14.7 Å². The highest BCUT2D eigenvalue weighted by Gasteiger charge is 2.57. The van der Waals surface area contributed by atoms with Crippen LogP contribution in [-0.4, -0.2) is 49.9 Å². The van der Waals surface area contributed by atoms with Gasteiger partial charge in [-0.25, -0.2) is 9.37 Å². The lowest BCUT2D eigenvalue weighted by atomic mass is 9.75. The minimum Gasteiger partial charge on any atom is -0.338 e. The molecule has 172 valence electrons. The number of likely N-dealkylation sites (tertiary alicyclic amines) is 2. The van der Waals surface area contributed by atoms with E-state index in [1.807, 2.05) is 41.7 Å². The summed E-state index contributed by atoms with van der Waals surface area (Å²) in [5, 5.41) is 0. The van der Waals surface area contributed by atoms with Gasteiger partial charge in [-0.2, -0.15) is 0 Å². The number of hydrogen-bond acceptors (Lipinski definition) is 4. The topological polar surface area (TPSA) is 54.3 Å². The van der Waals surface area contributed by atoms with Crippen LogP contribution in [0, 0.1) is 11.2 Å². The molecule has 3 aromatic rings. The SMILES string of the molecule is CC(C)n1cnc([C@@H]2CN(Cc3ccccc3F)C[C@@]23CCN(Cc2cccnc2)C3=O)c1. The maximum atomic E-state index is 14.4. The van der Waals surface area contributed by atoms with E-state index in [2.05, 4.69) is 34.5 Å². The van der Waals surface area contributed by atoms with E-state index >= 15 is 0 Å². The highest BCUT2D eigenvalue weighted by atomic mass is 19.1. The van der Waals surface area contributed by atoms with Crippen molar-refractivity contribution in [3.8, 4) is 0 Å². The molecule has 33 heavy (non-hydrogen) atoms. The van der Waals surface area contributed by atoms with Crippen molar-refractivity contribution in [1.29, 1.82) is 0 Å². The van der Waals surface area contributed by atoms with Gasteiger partial charge in [0.15, 0.2) is 0 Å². The summed E-state index contributed by atoms with van der Waals surface area (Å²) in [6.45, 7) is 7.31. The van der Waals surface area contributed by atoms with Crippen molar-refractivity contribution < 1.29 is 9.18 Å². The van der Waals surface area contributed by atoms with Crippen molar-refractivity contribution in [1.82, 2.24) is 24.3 Å². The molecule has 1 spiro atoms. The van der Waals surface area contributed by atoms with E-state index in [9.17, 15) is 9.18 Å². The van der Waals surface area contributed by atoms with E-state index < -0.39 is 5.41 Å². The molecule has 2 saturated heterocycles. The smallest absolute Gasteiger partial charge is 0.231 e. The van der Waals surface area contributed by atoms with Gasteiger partial charge in [-0.1, -0.05) is 24.3 Å². The van der Waals surface area contributed by atoms with Crippen LogP contribution in [0.25, 0.3) is 0 Å². The second-order valence-corrected chi connectivity index (χ2v) is 9.65. The van der Waals surface area contributed by atoms with Gasteiger partial charge in [0.2, 0.25) is 5.91 Å². The summed E-state index contributed by atoms with van der Waals surface area (Å²) in [7, 11) is 0. The molecule has 1 aromatic carbocycles. The first kappa shape index (κ1) is 21.8. The fourth-order valence-corrected chi connectivity index (χ4v) is 5.38. The Morgan fingerprint density at radius 2 is 2.03 bits per heavy atom. The molecule has 0 N–H and O–H groups in total. The number of amides is 1. The molecule has 1 amide bonds. The van der Waals surface area contributed by atoms with E-state index in [0.717, 1.165) is 17.7 Å². The normalized spacial score (nSPS) is 23.3. The lowest BCUT2D eigenvalue weighted by Gasteiger charge is -2.28. The molecule has 6 nitrogen and oxygen atoms in total.